The van der Waals surface area contributed by atoms with Crippen LogP contribution in [-0.4, -0.2) is 41.9 Å². The summed E-state index contributed by atoms with van der Waals surface area (Å²) in [5.74, 6) is 0. The maximum atomic E-state index is 13.7. The van der Waals surface area contributed by atoms with E-state index < -0.39 is 5.67 Å². The second kappa shape index (κ2) is 4.20. The summed E-state index contributed by atoms with van der Waals surface area (Å²) in [5.41, 5.74) is -0.338. The van der Waals surface area contributed by atoms with Crippen LogP contribution in [0.4, 0.5) is 4.39 Å². The molecule has 1 heterocycles. The maximum Gasteiger partial charge on any atom is 0.146 e. The second-order valence-electron chi connectivity index (χ2n) is 4.08. The Kier molecular flexibility index (Phi) is 3.45. The molecular weight excluding hydrogens is 169 g/mol. The Bertz CT molecular complexity index is 195. The molecule has 1 aliphatic rings. The van der Waals surface area contributed by atoms with Gasteiger partial charge in [-0.3, -0.25) is 4.90 Å². The molecule has 1 atom stereocenters. The first-order chi connectivity index (χ1) is 6.06. The fraction of sp³-hybridized carbons (Fsp3) is 0.800. The highest BCUT2D eigenvalue weighted by Crippen LogP contribution is 2.24. The summed E-state index contributed by atoms with van der Waals surface area (Å²) in [6, 6.07) is 0. The lowest BCUT2D eigenvalue weighted by Gasteiger charge is -2.36. The third kappa shape index (κ3) is 3.08. The Hall–Kier alpha value is -0.410. The summed E-state index contributed by atoms with van der Waals surface area (Å²) in [4.78, 5) is 2.02. The number of halogens is 1. The molecule has 0 saturated carbocycles. The highest BCUT2D eigenvalue weighted by molar-refractivity contribution is 4.96. The first kappa shape index (κ1) is 10.7. The van der Waals surface area contributed by atoms with E-state index in [0.717, 1.165) is 25.1 Å². The number of alkyl halides is 1. The molecule has 1 fully saturated rings. The van der Waals surface area contributed by atoms with Crippen molar-refractivity contribution < 1.29 is 9.50 Å². The summed E-state index contributed by atoms with van der Waals surface area (Å²) < 4.78 is 13.7. The number of hydrogen-bond donors (Lipinski definition) is 1. The second-order valence-corrected chi connectivity index (χ2v) is 4.08. The van der Waals surface area contributed by atoms with E-state index in [1.165, 1.54) is 0 Å². The smallest absolute Gasteiger partial charge is 0.146 e. The Labute approximate surface area is 79.0 Å². The Morgan fingerprint density at radius 3 is 2.92 bits per heavy atom. The van der Waals surface area contributed by atoms with Gasteiger partial charge < -0.3 is 5.11 Å². The van der Waals surface area contributed by atoms with Crippen molar-refractivity contribution in [2.24, 2.45) is 0 Å². The normalized spacial score (nSPS) is 30.4. The summed E-state index contributed by atoms with van der Waals surface area (Å²) in [5, 5.41) is 8.88. The van der Waals surface area contributed by atoms with Gasteiger partial charge in [0.15, 0.2) is 0 Å². The van der Waals surface area contributed by atoms with Crippen LogP contribution >= 0.6 is 0 Å². The highest BCUT2D eigenvalue weighted by Gasteiger charge is 2.34. The molecule has 1 unspecified atom stereocenters. The molecule has 0 aromatic heterocycles. The number of likely N-dealkylation sites (tertiary alicyclic amines) is 1. The maximum absolute atomic E-state index is 13.7. The average molecular weight is 187 g/mol. The lowest BCUT2D eigenvalue weighted by atomic mass is 9.95. The molecular formula is C10H18FNO. The third-order valence-electron chi connectivity index (χ3n) is 2.38. The van der Waals surface area contributed by atoms with Crippen LogP contribution in [0.5, 0.6) is 0 Å². The Balaban J connectivity index is 2.46. The van der Waals surface area contributed by atoms with Crippen LogP contribution in [0.15, 0.2) is 12.2 Å². The van der Waals surface area contributed by atoms with Crippen molar-refractivity contribution in [2.75, 3.05) is 26.2 Å². The monoisotopic (exact) mass is 187 g/mol. The van der Waals surface area contributed by atoms with Crippen LogP contribution in [0, 0.1) is 0 Å². The van der Waals surface area contributed by atoms with Gasteiger partial charge in [-0.25, -0.2) is 4.39 Å². The molecule has 0 bridgehead atoms. The zero-order chi connectivity index (χ0) is 9.90. The average Bonchev–Trinajstić information content (AvgIpc) is 2.03. The number of aliphatic hydroxyl groups is 1. The van der Waals surface area contributed by atoms with Gasteiger partial charge in [0.25, 0.3) is 0 Å². The van der Waals surface area contributed by atoms with E-state index in [4.69, 9.17) is 5.11 Å². The molecule has 13 heavy (non-hydrogen) atoms. The zero-order valence-electron chi connectivity index (χ0n) is 8.22. The largest absolute Gasteiger partial charge is 0.393 e. The van der Waals surface area contributed by atoms with Crippen molar-refractivity contribution in [1.82, 2.24) is 4.90 Å². The summed E-state index contributed by atoms with van der Waals surface area (Å²) in [6.45, 7) is 7.37. The fourth-order valence-electron chi connectivity index (χ4n) is 1.82. The van der Waals surface area contributed by atoms with E-state index in [0.29, 0.717) is 13.0 Å². The van der Waals surface area contributed by atoms with Crippen LogP contribution in [-0.2, 0) is 0 Å². The number of piperidine rings is 1. The molecule has 76 valence electrons. The zero-order valence-corrected chi connectivity index (χ0v) is 8.22. The molecule has 1 rings (SSSR count). The van der Waals surface area contributed by atoms with Gasteiger partial charge in [0.05, 0.1) is 6.61 Å². The van der Waals surface area contributed by atoms with Crippen LogP contribution in [0.1, 0.15) is 19.8 Å². The molecule has 0 aromatic carbocycles. The SMILES string of the molecule is C=C(C)CN1CCCC(F)(CO)C1. The van der Waals surface area contributed by atoms with Crippen molar-refractivity contribution in [3.05, 3.63) is 12.2 Å². The molecule has 0 amide bonds. The number of rotatable bonds is 3. The molecule has 1 saturated heterocycles. The van der Waals surface area contributed by atoms with Gasteiger partial charge in [-0.15, -0.1) is 0 Å². The van der Waals surface area contributed by atoms with E-state index in [2.05, 4.69) is 6.58 Å². The molecule has 0 aliphatic carbocycles. The first-order valence-electron chi connectivity index (χ1n) is 4.72. The lowest BCUT2D eigenvalue weighted by molar-refractivity contribution is 0.00200. The van der Waals surface area contributed by atoms with Crippen molar-refractivity contribution >= 4 is 0 Å². The lowest BCUT2D eigenvalue weighted by Crippen LogP contribution is -2.47. The van der Waals surface area contributed by atoms with Gasteiger partial charge in [-0.05, 0) is 26.3 Å². The third-order valence-corrected chi connectivity index (χ3v) is 2.38. The standard InChI is InChI=1S/C10H18FNO/c1-9(2)6-12-5-3-4-10(11,7-12)8-13/h13H,1,3-8H2,2H3. The minimum atomic E-state index is -1.38. The number of aliphatic hydroxyl groups excluding tert-OH is 1. The quantitative estimate of drug-likeness (QED) is 0.674. The van der Waals surface area contributed by atoms with Crippen molar-refractivity contribution in [3.63, 3.8) is 0 Å². The van der Waals surface area contributed by atoms with Gasteiger partial charge in [0.2, 0.25) is 0 Å². The molecule has 1 N–H and O–H groups in total. The summed E-state index contributed by atoms with van der Waals surface area (Å²) >= 11 is 0. The molecule has 0 radical (unpaired) electrons. The minimum absolute atomic E-state index is 0.344. The molecule has 1 aliphatic heterocycles. The van der Waals surface area contributed by atoms with E-state index in [-0.39, 0.29) is 6.61 Å². The van der Waals surface area contributed by atoms with Gasteiger partial charge >= 0.3 is 0 Å². The van der Waals surface area contributed by atoms with E-state index in [1.807, 2.05) is 11.8 Å². The first-order valence-corrected chi connectivity index (χ1v) is 4.72. The molecule has 2 nitrogen and oxygen atoms in total. The summed E-state index contributed by atoms with van der Waals surface area (Å²) in [7, 11) is 0. The van der Waals surface area contributed by atoms with Crippen LogP contribution in [0.3, 0.4) is 0 Å². The van der Waals surface area contributed by atoms with E-state index in [1.54, 1.807) is 0 Å². The van der Waals surface area contributed by atoms with Crippen molar-refractivity contribution in [1.29, 1.82) is 0 Å². The van der Waals surface area contributed by atoms with Crippen LogP contribution < -0.4 is 0 Å². The van der Waals surface area contributed by atoms with Crippen molar-refractivity contribution in [2.45, 2.75) is 25.4 Å². The number of nitrogens with zero attached hydrogens (tertiary/aromatic N) is 1. The Morgan fingerprint density at radius 2 is 2.38 bits per heavy atom. The van der Waals surface area contributed by atoms with Gasteiger partial charge in [0, 0.05) is 13.1 Å². The van der Waals surface area contributed by atoms with Gasteiger partial charge in [-0.1, -0.05) is 12.2 Å². The topological polar surface area (TPSA) is 23.5 Å². The summed E-state index contributed by atoms with van der Waals surface area (Å²) in [6.07, 6.45) is 1.31. The fourth-order valence-corrected chi connectivity index (χ4v) is 1.82. The number of hydrogen-bond acceptors (Lipinski definition) is 2. The highest BCUT2D eigenvalue weighted by atomic mass is 19.1. The molecule has 0 aromatic rings. The van der Waals surface area contributed by atoms with E-state index in [9.17, 15) is 4.39 Å². The molecule has 3 heteroatoms. The van der Waals surface area contributed by atoms with E-state index >= 15 is 0 Å². The van der Waals surface area contributed by atoms with Gasteiger partial charge in [-0.2, -0.15) is 0 Å². The van der Waals surface area contributed by atoms with Crippen molar-refractivity contribution in [3.8, 4) is 0 Å². The minimum Gasteiger partial charge on any atom is -0.393 e. The predicted molar refractivity (Wildman–Crippen MR) is 51.4 cm³/mol. The van der Waals surface area contributed by atoms with Crippen LogP contribution in [0.2, 0.25) is 0 Å². The molecule has 0 spiro atoms. The Morgan fingerprint density at radius 1 is 1.69 bits per heavy atom. The van der Waals surface area contributed by atoms with Gasteiger partial charge in [0.1, 0.15) is 5.67 Å². The van der Waals surface area contributed by atoms with Crippen LogP contribution in [0.25, 0.3) is 0 Å². The predicted octanol–water partition coefficient (Wildman–Crippen LogP) is 1.36.